The number of rotatable bonds is 7. The van der Waals surface area contributed by atoms with Crippen molar-refractivity contribution in [1.82, 2.24) is 15.3 Å². The average molecular weight is 273 g/mol. The highest BCUT2D eigenvalue weighted by atomic mass is 16.5. The third kappa shape index (κ3) is 4.13. The minimum atomic E-state index is 0.155. The second kappa shape index (κ2) is 7.35. The van der Waals surface area contributed by atoms with E-state index < -0.39 is 0 Å². The molecule has 3 N–H and O–H groups in total. The molecule has 0 aliphatic carbocycles. The van der Waals surface area contributed by atoms with E-state index in [1.165, 1.54) is 0 Å². The van der Waals surface area contributed by atoms with Crippen molar-refractivity contribution in [2.75, 3.05) is 20.2 Å². The average Bonchev–Trinajstić information content (AvgIpc) is 2.97. The molecule has 0 saturated heterocycles. The van der Waals surface area contributed by atoms with Crippen molar-refractivity contribution < 1.29 is 9.84 Å². The number of phenolic OH excluding ortho intramolecular Hbond substituents is 1. The van der Waals surface area contributed by atoms with E-state index in [1.54, 1.807) is 25.6 Å². The minimum absolute atomic E-state index is 0.155. The van der Waals surface area contributed by atoms with Gasteiger partial charge in [-0.2, -0.15) is 0 Å². The summed E-state index contributed by atoms with van der Waals surface area (Å²) in [6.07, 6.45) is 8.48. The normalized spacial score (nSPS) is 11.1. The van der Waals surface area contributed by atoms with E-state index in [9.17, 15) is 5.11 Å². The Kier molecular flexibility index (Phi) is 5.20. The van der Waals surface area contributed by atoms with Crippen LogP contribution in [0.4, 0.5) is 0 Å². The van der Waals surface area contributed by atoms with E-state index in [0.717, 1.165) is 30.8 Å². The molecule has 2 aromatic rings. The highest BCUT2D eigenvalue weighted by Crippen LogP contribution is 2.26. The van der Waals surface area contributed by atoms with Gasteiger partial charge in [0.05, 0.1) is 13.4 Å². The molecular weight excluding hydrogens is 254 g/mol. The maximum atomic E-state index is 9.50. The van der Waals surface area contributed by atoms with Crippen molar-refractivity contribution in [1.29, 1.82) is 0 Å². The topological polar surface area (TPSA) is 70.2 Å². The Morgan fingerprint density at radius 3 is 3.10 bits per heavy atom. The van der Waals surface area contributed by atoms with Gasteiger partial charge in [0.2, 0.25) is 0 Å². The SMILES string of the molecule is COc1cc(/C=C/CNCCc2cnc[nH]2)ccc1O. The molecular formula is C15H19N3O2. The number of H-pyrrole nitrogens is 1. The number of ether oxygens (including phenoxy) is 1. The summed E-state index contributed by atoms with van der Waals surface area (Å²) in [5.41, 5.74) is 2.12. The van der Waals surface area contributed by atoms with Crippen LogP contribution in [-0.2, 0) is 6.42 Å². The smallest absolute Gasteiger partial charge is 0.161 e. The van der Waals surface area contributed by atoms with E-state index >= 15 is 0 Å². The molecule has 0 fully saturated rings. The van der Waals surface area contributed by atoms with Gasteiger partial charge in [-0.3, -0.25) is 0 Å². The van der Waals surface area contributed by atoms with Crippen molar-refractivity contribution in [2.45, 2.75) is 6.42 Å². The van der Waals surface area contributed by atoms with Crippen molar-refractivity contribution >= 4 is 6.08 Å². The minimum Gasteiger partial charge on any atom is -0.504 e. The van der Waals surface area contributed by atoms with Gasteiger partial charge in [0.15, 0.2) is 11.5 Å². The van der Waals surface area contributed by atoms with Crippen LogP contribution in [0.15, 0.2) is 36.8 Å². The second-order valence-electron chi connectivity index (χ2n) is 4.36. The van der Waals surface area contributed by atoms with E-state index in [-0.39, 0.29) is 5.75 Å². The van der Waals surface area contributed by atoms with Crippen LogP contribution in [0.1, 0.15) is 11.3 Å². The van der Waals surface area contributed by atoms with Gasteiger partial charge in [0.1, 0.15) is 0 Å². The molecule has 1 aromatic heterocycles. The van der Waals surface area contributed by atoms with Gasteiger partial charge in [0, 0.05) is 31.4 Å². The second-order valence-corrected chi connectivity index (χ2v) is 4.36. The number of nitrogens with zero attached hydrogens (tertiary/aromatic N) is 1. The molecule has 0 spiro atoms. The fourth-order valence-corrected chi connectivity index (χ4v) is 1.82. The Balaban J connectivity index is 1.73. The van der Waals surface area contributed by atoms with Crippen LogP contribution in [0.5, 0.6) is 11.5 Å². The summed E-state index contributed by atoms with van der Waals surface area (Å²) in [6, 6.07) is 5.28. The monoisotopic (exact) mass is 273 g/mol. The van der Waals surface area contributed by atoms with Gasteiger partial charge in [-0.25, -0.2) is 4.98 Å². The van der Waals surface area contributed by atoms with E-state index in [2.05, 4.69) is 15.3 Å². The van der Waals surface area contributed by atoms with Gasteiger partial charge in [-0.15, -0.1) is 0 Å². The van der Waals surface area contributed by atoms with Crippen LogP contribution < -0.4 is 10.1 Å². The van der Waals surface area contributed by atoms with Crippen LogP contribution in [0.3, 0.4) is 0 Å². The Morgan fingerprint density at radius 1 is 1.45 bits per heavy atom. The van der Waals surface area contributed by atoms with Crippen molar-refractivity contribution in [3.8, 4) is 11.5 Å². The fraction of sp³-hybridized carbons (Fsp3) is 0.267. The van der Waals surface area contributed by atoms with Gasteiger partial charge < -0.3 is 20.1 Å². The first-order chi connectivity index (χ1) is 9.79. The molecule has 5 heteroatoms. The maximum Gasteiger partial charge on any atom is 0.161 e. The first kappa shape index (κ1) is 14.1. The number of benzene rings is 1. The Bertz CT molecular complexity index is 550. The fourth-order valence-electron chi connectivity index (χ4n) is 1.82. The first-order valence-electron chi connectivity index (χ1n) is 6.51. The molecule has 0 aliphatic heterocycles. The van der Waals surface area contributed by atoms with E-state index in [4.69, 9.17) is 4.74 Å². The summed E-state index contributed by atoms with van der Waals surface area (Å²) in [6.45, 7) is 1.68. The van der Waals surface area contributed by atoms with Crippen LogP contribution >= 0.6 is 0 Å². The number of aromatic nitrogens is 2. The summed E-state index contributed by atoms with van der Waals surface area (Å²) in [4.78, 5) is 7.04. The highest BCUT2D eigenvalue weighted by molar-refractivity contribution is 5.55. The molecule has 20 heavy (non-hydrogen) atoms. The Labute approximate surface area is 118 Å². The van der Waals surface area contributed by atoms with Gasteiger partial charge in [-0.1, -0.05) is 18.2 Å². The van der Waals surface area contributed by atoms with Crippen molar-refractivity contribution in [2.24, 2.45) is 0 Å². The van der Waals surface area contributed by atoms with Crippen LogP contribution in [0.2, 0.25) is 0 Å². The molecule has 5 nitrogen and oxygen atoms in total. The zero-order chi connectivity index (χ0) is 14.2. The number of aromatic amines is 1. The number of hydrogen-bond donors (Lipinski definition) is 3. The highest BCUT2D eigenvalue weighted by Gasteiger charge is 1.99. The maximum absolute atomic E-state index is 9.50. The molecule has 106 valence electrons. The van der Waals surface area contributed by atoms with Crippen LogP contribution in [-0.4, -0.2) is 35.3 Å². The van der Waals surface area contributed by atoms with E-state index in [0.29, 0.717) is 5.75 Å². The molecule has 0 amide bonds. The summed E-state index contributed by atoms with van der Waals surface area (Å²) in [5.74, 6) is 0.640. The summed E-state index contributed by atoms with van der Waals surface area (Å²) < 4.78 is 5.06. The molecule has 1 heterocycles. The Morgan fingerprint density at radius 2 is 2.35 bits per heavy atom. The summed E-state index contributed by atoms with van der Waals surface area (Å²) in [7, 11) is 1.54. The number of methoxy groups -OCH3 is 1. The molecule has 0 radical (unpaired) electrons. The molecule has 0 aliphatic rings. The first-order valence-corrected chi connectivity index (χ1v) is 6.51. The predicted octanol–water partition coefficient (Wildman–Crippen LogP) is 1.97. The lowest BCUT2D eigenvalue weighted by Gasteiger charge is -2.04. The Hall–Kier alpha value is -2.27. The van der Waals surface area contributed by atoms with Gasteiger partial charge in [0.25, 0.3) is 0 Å². The number of phenols is 1. The predicted molar refractivity (Wildman–Crippen MR) is 78.9 cm³/mol. The van der Waals surface area contributed by atoms with E-state index in [1.807, 2.05) is 24.4 Å². The molecule has 0 saturated carbocycles. The zero-order valence-corrected chi connectivity index (χ0v) is 11.5. The zero-order valence-electron chi connectivity index (χ0n) is 11.5. The lowest BCUT2D eigenvalue weighted by atomic mass is 10.2. The standard InChI is InChI=1S/C15H19N3O2/c1-20-15-9-12(4-5-14(15)19)3-2-7-16-8-6-13-10-17-11-18-13/h2-5,9-11,16,19H,6-8H2,1H3,(H,17,18)/b3-2+. The summed E-state index contributed by atoms with van der Waals surface area (Å²) in [5, 5.41) is 12.8. The quantitative estimate of drug-likeness (QED) is 0.675. The third-order valence-corrected chi connectivity index (χ3v) is 2.90. The molecule has 1 aromatic carbocycles. The van der Waals surface area contributed by atoms with Crippen molar-refractivity contribution in [3.05, 3.63) is 48.1 Å². The third-order valence-electron chi connectivity index (χ3n) is 2.90. The molecule has 0 unspecified atom stereocenters. The number of aromatic hydroxyl groups is 1. The lowest BCUT2D eigenvalue weighted by Crippen LogP contribution is -2.17. The number of hydrogen-bond acceptors (Lipinski definition) is 4. The summed E-state index contributed by atoms with van der Waals surface area (Å²) >= 11 is 0. The van der Waals surface area contributed by atoms with Gasteiger partial charge in [-0.05, 0) is 17.7 Å². The van der Waals surface area contributed by atoms with Crippen molar-refractivity contribution in [3.63, 3.8) is 0 Å². The number of imidazole rings is 1. The number of nitrogens with one attached hydrogen (secondary N) is 2. The molecule has 0 bridgehead atoms. The molecule has 2 rings (SSSR count). The van der Waals surface area contributed by atoms with Gasteiger partial charge >= 0.3 is 0 Å². The lowest BCUT2D eigenvalue weighted by molar-refractivity contribution is 0.373. The largest absolute Gasteiger partial charge is 0.504 e. The van der Waals surface area contributed by atoms with Crippen LogP contribution in [0.25, 0.3) is 6.08 Å². The van der Waals surface area contributed by atoms with Crippen LogP contribution in [0, 0.1) is 0 Å². The molecule has 0 atom stereocenters.